The third-order valence-electron chi connectivity index (χ3n) is 2.82. The second-order valence-electron chi connectivity index (χ2n) is 4.24. The Morgan fingerprint density at radius 3 is 2.53 bits per heavy atom. The van der Waals surface area contributed by atoms with E-state index in [0.717, 1.165) is 21.8 Å². The second kappa shape index (κ2) is 5.97. The molecule has 2 aromatic rings. The molecule has 0 aliphatic rings. The van der Waals surface area contributed by atoms with E-state index in [4.69, 9.17) is 28.5 Å². The van der Waals surface area contributed by atoms with E-state index in [0.29, 0.717) is 17.1 Å². The number of nitrogens with one attached hydrogen (secondary N) is 1. The van der Waals surface area contributed by atoms with Gasteiger partial charge in [-0.05, 0) is 42.3 Å². The molecule has 0 aromatic heterocycles. The normalized spacial score (nSPS) is 10.0. The van der Waals surface area contributed by atoms with E-state index in [1.165, 1.54) is 0 Å². The fourth-order valence-corrected chi connectivity index (χ4v) is 2.09. The van der Waals surface area contributed by atoms with E-state index < -0.39 is 0 Å². The summed E-state index contributed by atoms with van der Waals surface area (Å²) in [6.07, 6.45) is 0. The van der Waals surface area contributed by atoms with Crippen LogP contribution in [0.3, 0.4) is 0 Å². The highest BCUT2D eigenvalue weighted by atomic mass is 35.5. The molecule has 4 heteroatoms. The Bertz CT molecular complexity index is 645. The zero-order valence-corrected chi connectivity index (χ0v) is 11.9. The van der Waals surface area contributed by atoms with Gasteiger partial charge in [0.1, 0.15) is 6.07 Å². The lowest BCUT2D eigenvalue weighted by Gasteiger charge is -2.08. The molecule has 96 valence electrons. The number of benzene rings is 2. The fourth-order valence-electron chi connectivity index (χ4n) is 1.67. The van der Waals surface area contributed by atoms with E-state index in [2.05, 4.69) is 5.32 Å². The van der Waals surface area contributed by atoms with Crippen LogP contribution in [0.2, 0.25) is 10.0 Å². The number of nitrogens with zero attached hydrogens (tertiary/aromatic N) is 1. The van der Waals surface area contributed by atoms with Gasteiger partial charge in [-0.1, -0.05) is 35.3 Å². The molecule has 0 spiro atoms. The van der Waals surface area contributed by atoms with Gasteiger partial charge in [-0.2, -0.15) is 5.26 Å². The molecule has 0 amide bonds. The minimum absolute atomic E-state index is 0.453. The first kappa shape index (κ1) is 13.7. The highest BCUT2D eigenvalue weighted by Crippen LogP contribution is 2.21. The minimum atomic E-state index is 0.453. The van der Waals surface area contributed by atoms with Crippen molar-refractivity contribution in [1.29, 1.82) is 5.26 Å². The van der Waals surface area contributed by atoms with Crippen LogP contribution in [-0.2, 0) is 6.54 Å². The molecule has 0 fully saturated rings. The number of hydrogen-bond donors (Lipinski definition) is 1. The molecule has 0 radical (unpaired) electrons. The molecule has 0 bridgehead atoms. The van der Waals surface area contributed by atoms with Gasteiger partial charge in [-0.15, -0.1) is 0 Å². The van der Waals surface area contributed by atoms with Gasteiger partial charge in [0.05, 0.1) is 10.6 Å². The maximum absolute atomic E-state index is 8.80. The second-order valence-corrected chi connectivity index (χ2v) is 5.06. The van der Waals surface area contributed by atoms with Crippen molar-refractivity contribution in [2.45, 2.75) is 13.5 Å². The van der Waals surface area contributed by atoms with Crippen molar-refractivity contribution in [1.82, 2.24) is 0 Å². The molecular formula is C15H12Cl2N2. The smallest absolute Gasteiger partial charge is 0.101 e. The molecule has 0 heterocycles. The van der Waals surface area contributed by atoms with Gasteiger partial charge < -0.3 is 5.32 Å². The predicted octanol–water partition coefficient (Wildman–Crippen LogP) is 4.79. The lowest BCUT2D eigenvalue weighted by molar-refractivity contribution is 1.14. The Morgan fingerprint density at radius 2 is 1.89 bits per heavy atom. The first-order valence-corrected chi connectivity index (χ1v) is 6.54. The number of rotatable bonds is 3. The topological polar surface area (TPSA) is 35.8 Å². The lowest BCUT2D eigenvalue weighted by atomic mass is 10.1. The van der Waals surface area contributed by atoms with Gasteiger partial charge in [0, 0.05) is 17.3 Å². The summed E-state index contributed by atoms with van der Waals surface area (Å²) >= 11 is 12.0. The fraction of sp³-hybridized carbons (Fsp3) is 0.133. The summed E-state index contributed by atoms with van der Waals surface area (Å²) in [5.41, 5.74) is 3.51. The Labute approximate surface area is 122 Å². The standard InChI is InChI=1S/C15H12Cl2N2/c1-10-2-3-11(6-14(10)16)9-19-13-5-4-12(8-18)15(17)7-13/h2-7,19H,9H2,1H3. The molecule has 2 nitrogen and oxygen atoms in total. The highest BCUT2D eigenvalue weighted by Gasteiger charge is 2.02. The van der Waals surface area contributed by atoms with Crippen LogP contribution in [0.1, 0.15) is 16.7 Å². The predicted molar refractivity (Wildman–Crippen MR) is 79.7 cm³/mol. The molecular weight excluding hydrogens is 279 g/mol. The van der Waals surface area contributed by atoms with E-state index >= 15 is 0 Å². The molecule has 0 saturated heterocycles. The quantitative estimate of drug-likeness (QED) is 0.882. The summed E-state index contributed by atoms with van der Waals surface area (Å²) in [7, 11) is 0. The van der Waals surface area contributed by atoms with Crippen molar-refractivity contribution in [2.24, 2.45) is 0 Å². The van der Waals surface area contributed by atoms with Crippen molar-refractivity contribution in [2.75, 3.05) is 5.32 Å². The molecule has 2 aromatic carbocycles. The Kier molecular flexibility index (Phi) is 4.31. The van der Waals surface area contributed by atoms with E-state index in [1.807, 2.05) is 37.3 Å². The molecule has 2 rings (SSSR count). The van der Waals surface area contributed by atoms with Gasteiger partial charge in [0.15, 0.2) is 0 Å². The number of anilines is 1. The maximum atomic E-state index is 8.80. The summed E-state index contributed by atoms with van der Waals surface area (Å²) < 4.78 is 0. The Balaban J connectivity index is 2.08. The summed E-state index contributed by atoms with van der Waals surface area (Å²) in [5, 5.41) is 13.3. The largest absolute Gasteiger partial charge is 0.381 e. The first-order chi connectivity index (χ1) is 9.10. The van der Waals surface area contributed by atoms with Crippen LogP contribution in [0.25, 0.3) is 0 Å². The molecule has 0 atom stereocenters. The zero-order chi connectivity index (χ0) is 13.8. The van der Waals surface area contributed by atoms with Crippen LogP contribution in [0.15, 0.2) is 36.4 Å². The minimum Gasteiger partial charge on any atom is -0.381 e. The van der Waals surface area contributed by atoms with Crippen molar-refractivity contribution in [3.05, 3.63) is 63.1 Å². The van der Waals surface area contributed by atoms with Crippen LogP contribution >= 0.6 is 23.2 Å². The zero-order valence-electron chi connectivity index (χ0n) is 10.4. The average molecular weight is 291 g/mol. The summed E-state index contributed by atoms with van der Waals surface area (Å²) in [5.74, 6) is 0. The molecule has 1 N–H and O–H groups in total. The molecule has 19 heavy (non-hydrogen) atoms. The van der Waals surface area contributed by atoms with Crippen molar-refractivity contribution in [3.8, 4) is 6.07 Å². The SMILES string of the molecule is Cc1ccc(CNc2ccc(C#N)c(Cl)c2)cc1Cl. The summed E-state index contributed by atoms with van der Waals surface area (Å²) in [6.45, 7) is 2.63. The van der Waals surface area contributed by atoms with Gasteiger partial charge in [-0.3, -0.25) is 0 Å². The Hall–Kier alpha value is -1.69. The number of nitriles is 1. The average Bonchev–Trinajstić information content (AvgIpc) is 2.40. The van der Waals surface area contributed by atoms with Gasteiger partial charge in [0.25, 0.3) is 0 Å². The van der Waals surface area contributed by atoms with Crippen LogP contribution < -0.4 is 5.32 Å². The van der Waals surface area contributed by atoms with E-state index in [9.17, 15) is 0 Å². The van der Waals surface area contributed by atoms with Gasteiger partial charge >= 0.3 is 0 Å². The summed E-state index contributed by atoms with van der Waals surface area (Å²) in [6, 6.07) is 13.3. The van der Waals surface area contributed by atoms with E-state index in [-0.39, 0.29) is 0 Å². The van der Waals surface area contributed by atoms with Crippen molar-refractivity contribution in [3.63, 3.8) is 0 Å². The first-order valence-electron chi connectivity index (χ1n) is 5.78. The Morgan fingerprint density at radius 1 is 1.11 bits per heavy atom. The van der Waals surface area contributed by atoms with Crippen molar-refractivity contribution < 1.29 is 0 Å². The van der Waals surface area contributed by atoms with Crippen LogP contribution in [0.4, 0.5) is 5.69 Å². The van der Waals surface area contributed by atoms with Gasteiger partial charge in [0.2, 0.25) is 0 Å². The lowest BCUT2D eigenvalue weighted by Crippen LogP contribution is -1.99. The highest BCUT2D eigenvalue weighted by molar-refractivity contribution is 6.32. The molecule has 0 saturated carbocycles. The molecule has 0 aliphatic carbocycles. The van der Waals surface area contributed by atoms with Crippen LogP contribution in [0, 0.1) is 18.3 Å². The monoisotopic (exact) mass is 290 g/mol. The number of hydrogen-bond acceptors (Lipinski definition) is 2. The molecule has 0 unspecified atom stereocenters. The number of aryl methyl sites for hydroxylation is 1. The van der Waals surface area contributed by atoms with Crippen molar-refractivity contribution >= 4 is 28.9 Å². The third kappa shape index (κ3) is 3.41. The number of halogens is 2. The third-order valence-corrected chi connectivity index (χ3v) is 3.54. The molecule has 0 aliphatic heterocycles. The summed E-state index contributed by atoms with van der Waals surface area (Å²) in [4.78, 5) is 0. The van der Waals surface area contributed by atoms with E-state index in [1.54, 1.807) is 12.1 Å². The maximum Gasteiger partial charge on any atom is 0.101 e. The van der Waals surface area contributed by atoms with Crippen LogP contribution in [-0.4, -0.2) is 0 Å². The van der Waals surface area contributed by atoms with Crippen LogP contribution in [0.5, 0.6) is 0 Å². The van der Waals surface area contributed by atoms with Gasteiger partial charge in [-0.25, -0.2) is 0 Å².